The molecule has 0 radical (unpaired) electrons. The van der Waals surface area contributed by atoms with Gasteiger partial charge in [-0.1, -0.05) is 13.8 Å². The van der Waals surface area contributed by atoms with Gasteiger partial charge in [-0.25, -0.2) is 0 Å². The zero-order chi connectivity index (χ0) is 13.0. The summed E-state index contributed by atoms with van der Waals surface area (Å²) in [6, 6.07) is 8.42. The van der Waals surface area contributed by atoms with Gasteiger partial charge in [0.05, 0.1) is 6.04 Å². The molecule has 0 spiro atoms. The second-order valence-corrected chi connectivity index (χ2v) is 4.49. The molecule has 96 valence electrons. The van der Waals surface area contributed by atoms with Crippen LogP contribution in [0.4, 0.5) is 0 Å². The Morgan fingerprint density at radius 1 is 1.22 bits per heavy atom. The second kappa shape index (κ2) is 5.83. The highest BCUT2D eigenvalue weighted by molar-refractivity contribution is 5.22. The molecular formula is C15H20N2O. The standard InChI is InChI=1S/C15H20N2O/c1-4-13-5-6-14(18-13)15(16-3)11(2)12-7-9-17-10-8-12/h5-11,15-16H,4H2,1-3H3. The molecule has 2 aromatic heterocycles. The molecule has 1 N–H and O–H groups in total. The average molecular weight is 244 g/mol. The number of aryl methyl sites for hydroxylation is 1. The topological polar surface area (TPSA) is 38.1 Å². The summed E-state index contributed by atoms with van der Waals surface area (Å²) in [5, 5.41) is 3.34. The van der Waals surface area contributed by atoms with E-state index in [0.717, 1.165) is 17.9 Å². The summed E-state index contributed by atoms with van der Waals surface area (Å²) in [5.74, 6) is 2.37. The molecule has 0 aromatic carbocycles. The Hall–Kier alpha value is -1.61. The lowest BCUT2D eigenvalue weighted by Gasteiger charge is -2.22. The van der Waals surface area contributed by atoms with E-state index in [0.29, 0.717) is 5.92 Å². The Balaban J connectivity index is 2.23. The van der Waals surface area contributed by atoms with Crippen LogP contribution in [0.1, 0.15) is 42.9 Å². The normalized spacial score (nSPS) is 14.4. The highest BCUT2D eigenvalue weighted by atomic mass is 16.3. The first-order chi connectivity index (χ1) is 8.76. The number of pyridine rings is 1. The van der Waals surface area contributed by atoms with Crippen molar-refractivity contribution in [1.29, 1.82) is 0 Å². The van der Waals surface area contributed by atoms with Gasteiger partial charge in [0.15, 0.2) is 0 Å². The fourth-order valence-electron chi connectivity index (χ4n) is 2.25. The number of likely N-dealkylation sites (N-methyl/N-ethyl adjacent to an activating group) is 1. The minimum Gasteiger partial charge on any atom is -0.464 e. The van der Waals surface area contributed by atoms with Crippen molar-refractivity contribution in [3.05, 3.63) is 53.7 Å². The third kappa shape index (κ3) is 2.62. The van der Waals surface area contributed by atoms with E-state index < -0.39 is 0 Å². The van der Waals surface area contributed by atoms with Crippen LogP contribution in [-0.4, -0.2) is 12.0 Å². The van der Waals surface area contributed by atoms with Crippen LogP contribution < -0.4 is 5.32 Å². The molecule has 0 aliphatic heterocycles. The quantitative estimate of drug-likeness (QED) is 0.877. The van der Waals surface area contributed by atoms with Crippen LogP contribution in [0.15, 0.2) is 41.1 Å². The zero-order valence-electron chi connectivity index (χ0n) is 11.2. The molecule has 2 aromatic rings. The van der Waals surface area contributed by atoms with Crippen molar-refractivity contribution in [2.45, 2.75) is 32.2 Å². The maximum absolute atomic E-state index is 5.85. The maximum atomic E-state index is 5.85. The lowest BCUT2D eigenvalue weighted by atomic mass is 9.92. The molecule has 18 heavy (non-hydrogen) atoms. The van der Waals surface area contributed by atoms with E-state index in [1.807, 2.05) is 19.4 Å². The van der Waals surface area contributed by atoms with Gasteiger partial charge in [-0.15, -0.1) is 0 Å². The van der Waals surface area contributed by atoms with Gasteiger partial charge in [0.2, 0.25) is 0 Å². The summed E-state index contributed by atoms with van der Waals surface area (Å²) in [4.78, 5) is 4.06. The molecule has 0 aliphatic rings. The number of aromatic nitrogens is 1. The molecule has 0 amide bonds. The van der Waals surface area contributed by atoms with Gasteiger partial charge >= 0.3 is 0 Å². The van der Waals surface area contributed by atoms with Gasteiger partial charge in [0.25, 0.3) is 0 Å². The largest absolute Gasteiger partial charge is 0.464 e. The van der Waals surface area contributed by atoms with Crippen molar-refractivity contribution >= 4 is 0 Å². The molecular weight excluding hydrogens is 224 g/mol. The lowest BCUT2D eigenvalue weighted by molar-refractivity contribution is 0.379. The van der Waals surface area contributed by atoms with E-state index in [1.165, 1.54) is 5.56 Å². The fourth-order valence-corrected chi connectivity index (χ4v) is 2.25. The fraction of sp³-hybridized carbons (Fsp3) is 0.400. The minimum absolute atomic E-state index is 0.188. The number of hydrogen-bond donors (Lipinski definition) is 1. The predicted octanol–water partition coefficient (Wildman–Crippen LogP) is 3.30. The van der Waals surface area contributed by atoms with Gasteiger partial charge in [-0.05, 0) is 36.9 Å². The summed E-state index contributed by atoms with van der Waals surface area (Å²) < 4.78 is 5.85. The number of nitrogens with zero attached hydrogens (tertiary/aromatic N) is 1. The summed E-state index contributed by atoms with van der Waals surface area (Å²) in [6.45, 7) is 4.30. The SMILES string of the molecule is CCc1ccc(C(NC)C(C)c2ccncc2)o1. The zero-order valence-corrected chi connectivity index (χ0v) is 11.2. The van der Waals surface area contributed by atoms with Gasteiger partial charge in [0.1, 0.15) is 11.5 Å². The molecule has 2 atom stereocenters. The Kier molecular flexibility index (Phi) is 4.15. The summed E-state index contributed by atoms with van der Waals surface area (Å²) in [6.07, 6.45) is 4.59. The molecule has 3 heteroatoms. The summed E-state index contributed by atoms with van der Waals surface area (Å²) in [5.41, 5.74) is 1.26. The summed E-state index contributed by atoms with van der Waals surface area (Å²) >= 11 is 0. The van der Waals surface area contributed by atoms with E-state index in [-0.39, 0.29) is 6.04 Å². The first kappa shape index (κ1) is 12.8. The molecule has 2 unspecified atom stereocenters. The number of furan rings is 1. The van der Waals surface area contributed by atoms with Crippen LogP contribution >= 0.6 is 0 Å². The monoisotopic (exact) mass is 244 g/mol. The van der Waals surface area contributed by atoms with E-state index >= 15 is 0 Å². The number of nitrogens with one attached hydrogen (secondary N) is 1. The van der Waals surface area contributed by atoms with E-state index in [1.54, 1.807) is 0 Å². The Morgan fingerprint density at radius 3 is 2.50 bits per heavy atom. The molecule has 3 nitrogen and oxygen atoms in total. The maximum Gasteiger partial charge on any atom is 0.121 e. The average Bonchev–Trinajstić information content (AvgIpc) is 2.89. The lowest BCUT2D eigenvalue weighted by Crippen LogP contribution is -2.21. The molecule has 0 aliphatic carbocycles. The van der Waals surface area contributed by atoms with Crippen molar-refractivity contribution in [2.75, 3.05) is 7.05 Å². The van der Waals surface area contributed by atoms with E-state index in [9.17, 15) is 0 Å². The molecule has 0 saturated carbocycles. The third-order valence-electron chi connectivity index (χ3n) is 3.38. The van der Waals surface area contributed by atoms with Crippen molar-refractivity contribution in [1.82, 2.24) is 10.3 Å². The van der Waals surface area contributed by atoms with Crippen LogP contribution in [-0.2, 0) is 6.42 Å². The highest BCUT2D eigenvalue weighted by Gasteiger charge is 2.22. The Labute approximate surface area is 108 Å². The van der Waals surface area contributed by atoms with Crippen molar-refractivity contribution < 1.29 is 4.42 Å². The van der Waals surface area contributed by atoms with Crippen LogP contribution in [0, 0.1) is 0 Å². The smallest absolute Gasteiger partial charge is 0.121 e. The summed E-state index contributed by atoms with van der Waals surface area (Å²) in [7, 11) is 1.97. The second-order valence-electron chi connectivity index (χ2n) is 4.49. The van der Waals surface area contributed by atoms with Crippen molar-refractivity contribution in [3.63, 3.8) is 0 Å². The first-order valence-electron chi connectivity index (χ1n) is 6.42. The molecule has 0 saturated heterocycles. The van der Waals surface area contributed by atoms with Gasteiger partial charge < -0.3 is 9.73 Å². The minimum atomic E-state index is 0.188. The van der Waals surface area contributed by atoms with E-state index in [2.05, 4.69) is 48.4 Å². The predicted molar refractivity (Wildman–Crippen MR) is 72.5 cm³/mol. The van der Waals surface area contributed by atoms with Crippen LogP contribution in [0.25, 0.3) is 0 Å². The van der Waals surface area contributed by atoms with Gasteiger partial charge in [-0.3, -0.25) is 4.98 Å². The van der Waals surface area contributed by atoms with Gasteiger partial charge in [-0.2, -0.15) is 0 Å². The van der Waals surface area contributed by atoms with Crippen molar-refractivity contribution in [3.8, 4) is 0 Å². The first-order valence-corrected chi connectivity index (χ1v) is 6.42. The molecule has 0 fully saturated rings. The number of hydrogen-bond acceptors (Lipinski definition) is 3. The number of rotatable bonds is 5. The van der Waals surface area contributed by atoms with Crippen LogP contribution in [0.5, 0.6) is 0 Å². The van der Waals surface area contributed by atoms with Gasteiger partial charge in [0, 0.05) is 24.7 Å². The van der Waals surface area contributed by atoms with Crippen molar-refractivity contribution in [2.24, 2.45) is 0 Å². The Bertz CT molecular complexity index is 478. The molecule has 0 bridgehead atoms. The molecule has 2 heterocycles. The van der Waals surface area contributed by atoms with Crippen LogP contribution in [0.3, 0.4) is 0 Å². The molecule has 2 rings (SSSR count). The highest BCUT2D eigenvalue weighted by Crippen LogP contribution is 2.31. The Morgan fingerprint density at radius 2 is 1.94 bits per heavy atom. The van der Waals surface area contributed by atoms with Crippen LogP contribution in [0.2, 0.25) is 0 Å². The third-order valence-corrected chi connectivity index (χ3v) is 3.38. The van der Waals surface area contributed by atoms with E-state index in [4.69, 9.17) is 4.42 Å².